The summed E-state index contributed by atoms with van der Waals surface area (Å²) in [6, 6.07) is 9.16. The number of hydrogen-bond acceptors (Lipinski definition) is 2. The first-order valence-electron chi connectivity index (χ1n) is 5.49. The van der Waals surface area contributed by atoms with Crippen LogP contribution in [0.1, 0.15) is 28.2 Å². The average molecular weight is 424 g/mol. The summed E-state index contributed by atoms with van der Waals surface area (Å²) in [5.74, 6) is -0.108. The lowest BCUT2D eigenvalue weighted by molar-refractivity contribution is 0.0944. The van der Waals surface area contributed by atoms with E-state index in [9.17, 15) is 4.79 Å². The molecule has 1 N–H and O–H groups in total. The number of halogens is 3. The summed E-state index contributed by atoms with van der Waals surface area (Å²) in [5.41, 5.74) is 0.909. The Morgan fingerprint density at radius 1 is 1.37 bits per heavy atom. The second-order valence-electron chi connectivity index (χ2n) is 3.95. The smallest absolute Gasteiger partial charge is 0.261 e. The molecule has 6 heteroatoms. The van der Waals surface area contributed by atoms with Gasteiger partial charge in [-0.05, 0) is 56.5 Å². The first-order valence-corrected chi connectivity index (χ1v) is 8.27. The van der Waals surface area contributed by atoms with E-state index in [2.05, 4.69) is 37.2 Å². The lowest BCUT2D eigenvalue weighted by atomic mass is 10.1. The molecule has 1 aromatic heterocycles. The van der Waals surface area contributed by atoms with Crippen molar-refractivity contribution in [3.05, 3.63) is 54.1 Å². The van der Waals surface area contributed by atoms with Gasteiger partial charge in [-0.3, -0.25) is 4.79 Å². The zero-order valence-electron chi connectivity index (χ0n) is 9.91. The van der Waals surface area contributed by atoms with Gasteiger partial charge in [0.2, 0.25) is 0 Å². The molecule has 0 unspecified atom stereocenters. The van der Waals surface area contributed by atoms with Gasteiger partial charge < -0.3 is 5.32 Å². The molecular formula is C13H10Br2ClNOS. The van der Waals surface area contributed by atoms with E-state index in [4.69, 9.17) is 11.6 Å². The Labute approximate surface area is 137 Å². The fourth-order valence-corrected chi connectivity index (χ4v) is 3.87. The highest BCUT2D eigenvalue weighted by Gasteiger charge is 2.16. The highest BCUT2D eigenvalue weighted by atomic mass is 79.9. The largest absolute Gasteiger partial charge is 0.345 e. The van der Waals surface area contributed by atoms with Crippen LogP contribution in [-0.2, 0) is 0 Å². The fraction of sp³-hybridized carbons (Fsp3) is 0.154. The number of amides is 1. The molecule has 100 valence electrons. The summed E-state index contributed by atoms with van der Waals surface area (Å²) < 4.78 is 1.79. The lowest BCUT2D eigenvalue weighted by Crippen LogP contribution is -2.26. The van der Waals surface area contributed by atoms with Gasteiger partial charge in [0.05, 0.1) is 14.7 Å². The molecule has 2 aromatic rings. The Kier molecular flexibility index (Phi) is 5.06. The predicted molar refractivity (Wildman–Crippen MR) is 87.1 cm³/mol. The van der Waals surface area contributed by atoms with Crippen LogP contribution in [0.5, 0.6) is 0 Å². The van der Waals surface area contributed by atoms with Gasteiger partial charge in [-0.15, -0.1) is 11.3 Å². The summed E-state index contributed by atoms with van der Waals surface area (Å²) in [4.78, 5) is 12.8. The van der Waals surface area contributed by atoms with Gasteiger partial charge in [0.15, 0.2) is 0 Å². The molecule has 1 amide bonds. The van der Waals surface area contributed by atoms with Crippen molar-refractivity contribution < 1.29 is 4.79 Å². The van der Waals surface area contributed by atoms with E-state index in [0.717, 1.165) is 13.8 Å². The Hall–Kier alpha value is -0.360. The molecule has 0 aliphatic rings. The summed E-state index contributed by atoms with van der Waals surface area (Å²) >= 11 is 14.2. The summed E-state index contributed by atoms with van der Waals surface area (Å²) in [7, 11) is 0. The maximum absolute atomic E-state index is 12.1. The highest BCUT2D eigenvalue weighted by Crippen LogP contribution is 2.32. The summed E-state index contributed by atoms with van der Waals surface area (Å²) in [5, 5.41) is 3.60. The normalized spacial score (nSPS) is 12.2. The summed E-state index contributed by atoms with van der Waals surface area (Å²) in [6.45, 7) is 1.91. The number of nitrogens with one attached hydrogen (secondary N) is 1. The van der Waals surface area contributed by atoms with Crippen molar-refractivity contribution in [1.29, 1.82) is 0 Å². The second kappa shape index (κ2) is 6.39. The van der Waals surface area contributed by atoms with Crippen LogP contribution < -0.4 is 5.32 Å². The molecule has 1 heterocycles. The zero-order valence-corrected chi connectivity index (χ0v) is 14.7. The number of rotatable bonds is 3. The maximum Gasteiger partial charge on any atom is 0.261 e. The van der Waals surface area contributed by atoms with Gasteiger partial charge in [0, 0.05) is 9.50 Å². The SMILES string of the molecule is C[C@H](NC(=O)c1cc(Br)c(Br)s1)c1ccccc1Cl. The Bertz CT molecular complexity index is 595. The molecule has 2 rings (SSSR count). The molecule has 0 fully saturated rings. The molecule has 0 saturated carbocycles. The highest BCUT2D eigenvalue weighted by molar-refractivity contribution is 9.13. The minimum atomic E-state index is -0.138. The third kappa shape index (κ3) is 3.60. The molecule has 19 heavy (non-hydrogen) atoms. The van der Waals surface area contributed by atoms with Crippen molar-refractivity contribution in [2.75, 3.05) is 0 Å². The van der Waals surface area contributed by atoms with E-state index in [-0.39, 0.29) is 11.9 Å². The molecule has 1 atom stereocenters. The van der Waals surface area contributed by atoms with Crippen LogP contribution in [0.3, 0.4) is 0 Å². The van der Waals surface area contributed by atoms with Crippen LogP contribution in [0.15, 0.2) is 38.6 Å². The predicted octanol–water partition coefficient (Wildman–Crippen LogP) is 5.42. The Morgan fingerprint density at radius 3 is 2.63 bits per heavy atom. The molecule has 0 aliphatic heterocycles. The summed E-state index contributed by atoms with van der Waals surface area (Å²) in [6.07, 6.45) is 0. The standard InChI is InChI=1S/C13H10Br2ClNOS/c1-7(8-4-2-3-5-10(8)16)17-13(18)11-6-9(14)12(15)19-11/h2-7H,1H3,(H,17,18)/t7-/m0/s1. The molecule has 2 nitrogen and oxygen atoms in total. The van der Waals surface area contributed by atoms with Crippen LogP contribution in [0.4, 0.5) is 0 Å². The number of carbonyl (C=O) groups is 1. The van der Waals surface area contributed by atoms with Gasteiger partial charge in [-0.1, -0.05) is 29.8 Å². The Balaban J connectivity index is 2.13. The van der Waals surface area contributed by atoms with Crippen LogP contribution in [0, 0.1) is 0 Å². The van der Waals surface area contributed by atoms with Crippen LogP contribution in [0.25, 0.3) is 0 Å². The van der Waals surface area contributed by atoms with Gasteiger partial charge in [0.1, 0.15) is 0 Å². The Morgan fingerprint density at radius 2 is 2.05 bits per heavy atom. The number of benzene rings is 1. The monoisotopic (exact) mass is 421 g/mol. The number of hydrogen-bond donors (Lipinski definition) is 1. The fourth-order valence-electron chi connectivity index (χ4n) is 1.63. The van der Waals surface area contributed by atoms with Crippen molar-refractivity contribution in [3.63, 3.8) is 0 Å². The minimum absolute atomic E-state index is 0.108. The van der Waals surface area contributed by atoms with E-state index >= 15 is 0 Å². The molecule has 1 aromatic carbocycles. The zero-order chi connectivity index (χ0) is 14.0. The maximum atomic E-state index is 12.1. The van der Waals surface area contributed by atoms with Crippen molar-refractivity contribution in [2.24, 2.45) is 0 Å². The van der Waals surface area contributed by atoms with E-state index in [0.29, 0.717) is 9.90 Å². The van der Waals surface area contributed by atoms with E-state index in [1.165, 1.54) is 11.3 Å². The van der Waals surface area contributed by atoms with Crippen LogP contribution >= 0.6 is 54.8 Å². The molecular weight excluding hydrogens is 413 g/mol. The van der Waals surface area contributed by atoms with Crippen molar-refractivity contribution in [3.8, 4) is 0 Å². The molecule has 0 saturated heterocycles. The average Bonchev–Trinajstić information content (AvgIpc) is 2.70. The third-order valence-corrected chi connectivity index (χ3v) is 6.19. The lowest BCUT2D eigenvalue weighted by Gasteiger charge is -2.14. The molecule has 0 spiro atoms. The minimum Gasteiger partial charge on any atom is -0.345 e. The third-order valence-electron chi connectivity index (χ3n) is 2.59. The van der Waals surface area contributed by atoms with Gasteiger partial charge in [0.25, 0.3) is 5.91 Å². The van der Waals surface area contributed by atoms with Crippen molar-refractivity contribution in [2.45, 2.75) is 13.0 Å². The topological polar surface area (TPSA) is 29.1 Å². The number of carbonyl (C=O) groups excluding carboxylic acids is 1. The van der Waals surface area contributed by atoms with E-state index in [1.54, 1.807) is 6.07 Å². The second-order valence-corrected chi connectivity index (χ2v) is 7.58. The van der Waals surface area contributed by atoms with Crippen molar-refractivity contribution >= 4 is 60.7 Å². The number of thiophene rings is 1. The first-order chi connectivity index (χ1) is 8.99. The van der Waals surface area contributed by atoms with Gasteiger partial charge in [-0.25, -0.2) is 0 Å². The molecule has 0 bridgehead atoms. The van der Waals surface area contributed by atoms with Crippen molar-refractivity contribution in [1.82, 2.24) is 5.32 Å². The van der Waals surface area contributed by atoms with Crippen LogP contribution in [-0.4, -0.2) is 5.91 Å². The van der Waals surface area contributed by atoms with E-state index < -0.39 is 0 Å². The molecule has 0 aliphatic carbocycles. The quantitative estimate of drug-likeness (QED) is 0.702. The van der Waals surface area contributed by atoms with Crippen LogP contribution in [0.2, 0.25) is 5.02 Å². The van der Waals surface area contributed by atoms with Gasteiger partial charge in [-0.2, -0.15) is 0 Å². The van der Waals surface area contributed by atoms with Gasteiger partial charge >= 0.3 is 0 Å². The van der Waals surface area contributed by atoms with E-state index in [1.807, 2.05) is 31.2 Å². The molecule has 0 radical (unpaired) electrons. The first kappa shape index (κ1) is 15.0.